The van der Waals surface area contributed by atoms with E-state index in [1.807, 2.05) is 6.92 Å². The van der Waals surface area contributed by atoms with E-state index >= 15 is 0 Å². The Morgan fingerprint density at radius 3 is 2.25 bits per heavy atom. The third kappa shape index (κ3) is 4.05. The minimum absolute atomic E-state index is 0.0496. The Morgan fingerprint density at radius 2 is 2.12 bits per heavy atom. The van der Waals surface area contributed by atoms with E-state index in [4.69, 9.17) is 16.6 Å². The molecule has 0 heterocycles. The van der Waals surface area contributed by atoms with Crippen molar-refractivity contribution in [1.29, 1.82) is 0 Å². The first-order valence-corrected chi connectivity index (χ1v) is 2.80. The largest absolute Gasteiger partial charge is 0.392 e. The number of hydrogen-bond acceptors (Lipinski definition) is 3. The van der Waals surface area contributed by atoms with Crippen molar-refractivity contribution in [1.82, 2.24) is 0 Å². The first kappa shape index (κ1) is 7.88. The summed E-state index contributed by atoms with van der Waals surface area (Å²) in [6.45, 7) is 2.15. The zero-order chi connectivity index (χ0) is 6.57. The molecule has 8 heavy (non-hydrogen) atoms. The average Bonchev–Trinajstić information content (AvgIpc) is 1.65. The molecular formula is C5H14N2O. The summed E-state index contributed by atoms with van der Waals surface area (Å²) in [5, 5.41) is 8.82. The molecule has 5 N–H and O–H groups in total. The van der Waals surface area contributed by atoms with Crippen molar-refractivity contribution in [3.8, 4) is 0 Å². The van der Waals surface area contributed by atoms with E-state index in [9.17, 15) is 0 Å². The molecule has 0 rings (SSSR count). The molecule has 0 aromatic carbocycles. The SMILES string of the molecule is CC(N)CC(O)CN. The molecule has 0 aromatic heterocycles. The van der Waals surface area contributed by atoms with Gasteiger partial charge in [-0.05, 0) is 13.3 Å². The van der Waals surface area contributed by atoms with Gasteiger partial charge in [0.25, 0.3) is 0 Å². The van der Waals surface area contributed by atoms with E-state index in [1.165, 1.54) is 0 Å². The molecule has 0 saturated carbocycles. The molecule has 0 aromatic rings. The van der Waals surface area contributed by atoms with Gasteiger partial charge in [-0.3, -0.25) is 0 Å². The van der Waals surface area contributed by atoms with Gasteiger partial charge in [0, 0.05) is 12.6 Å². The van der Waals surface area contributed by atoms with Crippen LogP contribution in [-0.2, 0) is 0 Å². The van der Waals surface area contributed by atoms with Gasteiger partial charge in [0.05, 0.1) is 6.10 Å². The average molecular weight is 118 g/mol. The number of hydrogen-bond donors (Lipinski definition) is 3. The van der Waals surface area contributed by atoms with Crippen molar-refractivity contribution in [2.75, 3.05) is 6.54 Å². The summed E-state index contributed by atoms with van der Waals surface area (Å²) in [7, 11) is 0. The van der Waals surface area contributed by atoms with Gasteiger partial charge in [0.2, 0.25) is 0 Å². The summed E-state index contributed by atoms with van der Waals surface area (Å²) in [6, 6.07) is 0.0496. The summed E-state index contributed by atoms with van der Waals surface area (Å²) in [5.41, 5.74) is 10.5. The van der Waals surface area contributed by atoms with Crippen molar-refractivity contribution in [2.45, 2.75) is 25.5 Å². The predicted octanol–water partition coefficient (Wildman–Crippen LogP) is -0.957. The van der Waals surface area contributed by atoms with Gasteiger partial charge in [-0.15, -0.1) is 0 Å². The van der Waals surface area contributed by atoms with Crippen molar-refractivity contribution < 1.29 is 5.11 Å². The Kier molecular flexibility index (Phi) is 3.77. The smallest absolute Gasteiger partial charge is 0.0677 e. The topological polar surface area (TPSA) is 72.3 Å². The molecule has 0 bridgehead atoms. The highest BCUT2D eigenvalue weighted by molar-refractivity contribution is 4.62. The maximum atomic E-state index is 8.82. The molecule has 3 heteroatoms. The van der Waals surface area contributed by atoms with Crippen LogP contribution < -0.4 is 11.5 Å². The van der Waals surface area contributed by atoms with Crippen LogP contribution in [0.2, 0.25) is 0 Å². The molecule has 0 spiro atoms. The van der Waals surface area contributed by atoms with Gasteiger partial charge in [-0.25, -0.2) is 0 Å². The second-order valence-electron chi connectivity index (χ2n) is 2.10. The molecule has 2 unspecified atom stereocenters. The molecule has 0 amide bonds. The second kappa shape index (κ2) is 3.83. The number of aliphatic hydroxyl groups is 1. The van der Waals surface area contributed by atoms with E-state index in [-0.39, 0.29) is 6.04 Å². The Balaban J connectivity index is 3.10. The van der Waals surface area contributed by atoms with Crippen LogP contribution in [0.25, 0.3) is 0 Å². The lowest BCUT2D eigenvalue weighted by molar-refractivity contribution is 0.165. The summed E-state index contributed by atoms with van der Waals surface area (Å²) < 4.78 is 0. The van der Waals surface area contributed by atoms with Gasteiger partial charge in [-0.1, -0.05) is 0 Å². The van der Waals surface area contributed by atoms with Gasteiger partial charge >= 0.3 is 0 Å². The molecule has 2 atom stereocenters. The Labute approximate surface area is 49.7 Å². The minimum atomic E-state index is -0.421. The van der Waals surface area contributed by atoms with Crippen molar-refractivity contribution in [3.05, 3.63) is 0 Å². The number of rotatable bonds is 3. The molecule has 0 radical (unpaired) electrons. The highest BCUT2D eigenvalue weighted by atomic mass is 16.3. The fraction of sp³-hybridized carbons (Fsp3) is 1.00. The van der Waals surface area contributed by atoms with Crippen LogP contribution in [0.5, 0.6) is 0 Å². The first-order valence-electron chi connectivity index (χ1n) is 2.80. The van der Waals surface area contributed by atoms with E-state index in [1.54, 1.807) is 0 Å². The molecule has 0 saturated heterocycles. The monoisotopic (exact) mass is 118 g/mol. The molecule has 50 valence electrons. The van der Waals surface area contributed by atoms with E-state index in [0.717, 1.165) is 0 Å². The minimum Gasteiger partial charge on any atom is -0.392 e. The summed E-state index contributed by atoms with van der Waals surface area (Å²) in [4.78, 5) is 0. The maximum Gasteiger partial charge on any atom is 0.0677 e. The number of aliphatic hydroxyl groups excluding tert-OH is 1. The van der Waals surface area contributed by atoms with E-state index < -0.39 is 6.10 Å². The van der Waals surface area contributed by atoms with Crippen LogP contribution in [0.4, 0.5) is 0 Å². The predicted molar refractivity (Wildman–Crippen MR) is 33.3 cm³/mol. The van der Waals surface area contributed by atoms with Gasteiger partial charge < -0.3 is 16.6 Å². The van der Waals surface area contributed by atoms with Crippen LogP contribution in [0.3, 0.4) is 0 Å². The summed E-state index contributed by atoms with van der Waals surface area (Å²) in [5.74, 6) is 0. The first-order chi connectivity index (χ1) is 3.66. The Hall–Kier alpha value is -0.120. The van der Waals surface area contributed by atoms with Crippen LogP contribution in [0.15, 0.2) is 0 Å². The fourth-order valence-corrected chi connectivity index (χ4v) is 0.525. The van der Waals surface area contributed by atoms with Gasteiger partial charge in [-0.2, -0.15) is 0 Å². The number of nitrogens with two attached hydrogens (primary N) is 2. The van der Waals surface area contributed by atoms with Crippen LogP contribution in [-0.4, -0.2) is 23.8 Å². The van der Waals surface area contributed by atoms with Crippen LogP contribution >= 0.6 is 0 Å². The zero-order valence-electron chi connectivity index (χ0n) is 5.17. The molecule has 0 aliphatic rings. The van der Waals surface area contributed by atoms with Crippen LogP contribution in [0.1, 0.15) is 13.3 Å². The Bertz CT molecular complexity index is 56.4. The highest BCUT2D eigenvalue weighted by Gasteiger charge is 2.02. The lowest BCUT2D eigenvalue weighted by atomic mass is 10.1. The van der Waals surface area contributed by atoms with Gasteiger partial charge in [0.15, 0.2) is 0 Å². The van der Waals surface area contributed by atoms with E-state index in [0.29, 0.717) is 13.0 Å². The zero-order valence-corrected chi connectivity index (χ0v) is 5.17. The normalized spacial score (nSPS) is 18.0. The maximum absolute atomic E-state index is 8.82. The van der Waals surface area contributed by atoms with Crippen molar-refractivity contribution in [3.63, 3.8) is 0 Å². The second-order valence-corrected chi connectivity index (χ2v) is 2.10. The quantitative estimate of drug-likeness (QED) is 0.447. The van der Waals surface area contributed by atoms with Gasteiger partial charge in [0.1, 0.15) is 0 Å². The lowest BCUT2D eigenvalue weighted by Gasteiger charge is -2.08. The third-order valence-corrected chi connectivity index (χ3v) is 0.916. The highest BCUT2D eigenvalue weighted by Crippen LogP contribution is 1.91. The Morgan fingerprint density at radius 1 is 1.62 bits per heavy atom. The van der Waals surface area contributed by atoms with Crippen molar-refractivity contribution in [2.24, 2.45) is 11.5 Å². The molecule has 0 fully saturated rings. The molecular weight excluding hydrogens is 104 g/mol. The lowest BCUT2D eigenvalue weighted by Crippen LogP contribution is -2.28. The standard InChI is InChI=1S/C5H14N2O/c1-4(7)2-5(8)3-6/h4-5,8H,2-3,6-7H2,1H3. The third-order valence-electron chi connectivity index (χ3n) is 0.916. The molecule has 0 aliphatic carbocycles. The molecule has 0 aliphatic heterocycles. The van der Waals surface area contributed by atoms with Crippen molar-refractivity contribution >= 4 is 0 Å². The fourth-order valence-electron chi connectivity index (χ4n) is 0.525. The van der Waals surface area contributed by atoms with E-state index in [2.05, 4.69) is 0 Å². The summed E-state index contributed by atoms with van der Waals surface area (Å²) >= 11 is 0. The molecule has 3 nitrogen and oxygen atoms in total. The van der Waals surface area contributed by atoms with Crippen LogP contribution in [0, 0.1) is 0 Å². The summed E-state index contributed by atoms with van der Waals surface area (Å²) in [6.07, 6.45) is 0.172.